The van der Waals surface area contributed by atoms with Gasteiger partial charge in [-0.1, -0.05) is 23.7 Å². The minimum Gasteiger partial charge on any atom is -0.486 e. The maximum Gasteiger partial charge on any atom is 0.162 e. The second-order valence-corrected chi connectivity index (χ2v) is 4.66. The van der Waals surface area contributed by atoms with Crippen molar-refractivity contribution >= 4 is 23.5 Å². The molecule has 0 bridgehead atoms. The first kappa shape index (κ1) is 12.8. The number of fused-ring (bicyclic) bond motifs is 1. The lowest BCUT2D eigenvalue weighted by atomic mass is 10.2. The minimum absolute atomic E-state index is 0.575. The first-order chi connectivity index (χ1) is 9.83. The van der Waals surface area contributed by atoms with Gasteiger partial charge in [-0.2, -0.15) is 5.10 Å². The molecule has 2 aromatic carbocycles. The molecule has 5 heteroatoms. The third kappa shape index (κ3) is 2.86. The van der Waals surface area contributed by atoms with Gasteiger partial charge in [0.1, 0.15) is 13.2 Å². The van der Waals surface area contributed by atoms with Gasteiger partial charge in [0.05, 0.1) is 16.9 Å². The lowest BCUT2D eigenvalue weighted by Crippen LogP contribution is -2.15. The number of nitrogens with zero attached hydrogens (tertiary/aromatic N) is 1. The fourth-order valence-corrected chi connectivity index (χ4v) is 2.05. The zero-order valence-electron chi connectivity index (χ0n) is 10.7. The molecule has 1 heterocycles. The van der Waals surface area contributed by atoms with Crippen LogP contribution in [0, 0.1) is 0 Å². The summed E-state index contributed by atoms with van der Waals surface area (Å²) in [5.41, 5.74) is 4.60. The lowest BCUT2D eigenvalue weighted by Gasteiger charge is -2.18. The topological polar surface area (TPSA) is 42.9 Å². The van der Waals surface area contributed by atoms with E-state index in [1.54, 1.807) is 6.21 Å². The van der Waals surface area contributed by atoms with E-state index in [0.29, 0.717) is 18.2 Å². The van der Waals surface area contributed by atoms with Crippen LogP contribution in [0.5, 0.6) is 11.5 Å². The molecule has 102 valence electrons. The van der Waals surface area contributed by atoms with Crippen molar-refractivity contribution in [2.24, 2.45) is 5.10 Å². The standard InChI is InChI=1S/C15H13ClN2O2/c16-12-3-1-2-4-13(12)18-17-10-11-5-6-14-15(9-11)20-8-7-19-14/h1-6,9-10,18H,7-8H2/b17-10-. The Labute approximate surface area is 122 Å². The molecule has 4 nitrogen and oxygen atoms in total. The van der Waals surface area contributed by atoms with Crippen LogP contribution in [0.3, 0.4) is 0 Å². The van der Waals surface area contributed by atoms with Crippen LogP contribution in [0.2, 0.25) is 5.02 Å². The maximum atomic E-state index is 6.03. The van der Waals surface area contributed by atoms with Crippen molar-refractivity contribution in [1.82, 2.24) is 0 Å². The molecule has 0 fully saturated rings. The van der Waals surface area contributed by atoms with Crippen molar-refractivity contribution in [3.63, 3.8) is 0 Å². The molecule has 3 rings (SSSR count). The van der Waals surface area contributed by atoms with Crippen LogP contribution >= 0.6 is 11.6 Å². The Morgan fingerprint density at radius 2 is 1.85 bits per heavy atom. The second-order valence-electron chi connectivity index (χ2n) is 4.25. The van der Waals surface area contributed by atoms with Gasteiger partial charge < -0.3 is 9.47 Å². The number of halogens is 1. The van der Waals surface area contributed by atoms with Crippen LogP contribution in [-0.4, -0.2) is 19.4 Å². The molecule has 0 saturated heterocycles. The van der Waals surface area contributed by atoms with E-state index in [1.165, 1.54) is 0 Å². The first-order valence-corrected chi connectivity index (χ1v) is 6.64. The van der Waals surface area contributed by atoms with Gasteiger partial charge in [0, 0.05) is 0 Å². The Morgan fingerprint density at radius 1 is 1.05 bits per heavy atom. The quantitative estimate of drug-likeness (QED) is 0.694. The van der Waals surface area contributed by atoms with Gasteiger partial charge >= 0.3 is 0 Å². The fraction of sp³-hybridized carbons (Fsp3) is 0.133. The van der Waals surface area contributed by atoms with Gasteiger partial charge in [-0.25, -0.2) is 0 Å². The van der Waals surface area contributed by atoms with Crippen molar-refractivity contribution < 1.29 is 9.47 Å². The minimum atomic E-state index is 0.575. The number of para-hydroxylation sites is 1. The molecular formula is C15H13ClN2O2. The third-order valence-corrected chi connectivity index (χ3v) is 3.17. The molecule has 1 aliphatic rings. The largest absolute Gasteiger partial charge is 0.486 e. The number of benzene rings is 2. The van der Waals surface area contributed by atoms with Crippen LogP contribution in [0.4, 0.5) is 5.69 Å². The number of hydrazone groups is 1. The van der Waals surface area contributed by atoms with Gasteiger partial charge in [-0.3, -0.25) is 5.43 Å². The van der Waals surface area contributed by atoms with E-state index in [-0.39, 0.29) is 0 Å². The van der Waals surface area contributed by atoms with E-state index in [9.17, 15) is 0 Å². The average Bonchev–Trinajstić information content (AvgIpc) is 2.49. The van der Waals surface area contributed by atoms with Gasteiger partial charge in [-0.05, 0) is 35.9 Å². The van der Waals surface area contributed by atoms with Crippen molar-refractivity contribution in [1.29, 1.82) is 0 Å². The summed E-state index contributed by atoms with van der Waals surface area (Å²) in [5, 5.41) is 4.80. The maximum absolute atomic E-state index is 6.03. The average molecular weight is 289 g/mol. The van der Waals surface area contributed by atoms with E-state index in [0.717, 1.165) is 22.7 Å². The summed E-state index contributed by atoms with van der Waals surface area (Å²) < 4.78 is 11.0. The zero-order chi connectivity index (χ0) is 13.8. The van der Waals surface area contributed by atoms with Crippen LogP contribution in [0.15, 0.2) is 47.6 Å². The molecule has 1 N–H and O–H groups in total. The predicted molar refractivity (Wildman–Crippen MR) is 80.1 cm³/mol. The van der Waals surface area contributed by atoms with Crippen molar-refractivity contribution in [3.8, 4) is 11.5 Å². The van der Waals surface area contributed by atoms with Gasteiger partial charge in [-0.15, -0.1) is 0 Å². The fourth-order valence-electron chi connectivity index (χ4n) is 1.87. The van der Waals surface area contributed by atoms with Gasteiger partial charge in [0.2, 0.25) is 0 Å². The van der Waals surface area contributed by atoms with Crippen LogP contribution in [-0.2, 0) is 0 Å². The molecule has 1 aliphatic heterocycles. The van der Waals surface area contributed by atoms with Gasteiger partial charge in [0.15, 0.2) is 11.5 Å². The molecule has 20 heavy (non-hydrogen) atoms. The number of ether oxygens (including phenoxy) is 2. The number of rotatable bonds is 3. The Balaban J connectivity index is 1.71. The van der Waals surface area contributed by atoms with Gasteiger partial charge in [0.25, 0.3) is 0 Å². The number of anilines is 1. The zero-order valence-corrected chi connectivity index (χ0v) is 11.4. The highest BCUT2D eigenvalue weighted by molar-refractivity contribution is 6.33. The molecule has 0 unspecified atom stereocenters. The smallest absolute Gasteiger partial charge is 0.162 e. The SMILES string of the molecule is Clc1ccccc1N/N=C\c1ccc2c(c1)OCCO2. The van der Waals surface area contributed by atoms with Crippen molar-refractivity contribution in [2.75, 3.05) is 18.6 Å². The molecule has 0 radical (unpaired) electrons. The Morgan fingerprint density at radius 3 is 2.70 bits per heavy atom. The number of hydrogen-bond acceptors (Lipinski definition) is 4. The van der Waals surface area contributed by atoms with Crippen molar-refractivity contribution in [3.05, 3.63) is 53.1 Å². The van der Waals surface area contributed by atoms with E-state index < -0.39 is 0 Å². The molecule has 0 amide bonds. The summed E-state index contributed by atoms with van der Waals surface area (Å²) >= 11 is 6.03. The molecule has 2 aromatic rings. The molecule has 0 atom stereocenters. The summed E-state index contributed by atoms with van der Waals surface area (Å²) in [6.07, 6.45) is 1.71. The number of hydrogen-bond donors (Lipinski definition) is 1. The highest BCUT2D eigenvalue weighted by Gasteiger charge is 2.10. The third-order valence-electron chi connectivity index (χ3n) is 2.84. The summed E-state index contributed by atoms with van der Waals surface area (Å²) in [6, 6.07) is 13.1. The molecular weight excluding hydrogens is 276 g/mol. The Hall–Kier alpha value is -2.20. The summed E-state index contributed by atoms with van der Waals surface area (Å²) in [5.74, 6) is 1.52. The predicted octanol–water partition coefficient (Wildman–Crippen LogP) is 3.56. The number of nitrogens with one attached hydrogen (secondary N) is 1. The van der Waals surface area contributed by atoms with E-state index in [1.807, 2.05) is 42.5 Å². The molecule has 0 aliphatic carbocycles. The summed E-state index contributed by atoms with van der Waals surface area (Å²) in [4.78, 5) is 0. The van der Waals surface area contributed by atoms with Crippen LogP contribution < -0.4 is 14.9 Å². The van der Waals surface area contributed by atoms with Crippen LogP contribution in [0.1, 0.15) is 5.56 Å². The highest BCUT2D eigenvalue weighted by atomic mass is 35.5. The molecule has 0 spiro atoms. The molecule has 0 saturated carbocycles. The van der Waals surface area contributed by atoms with E-state index in [4.69, 9.17) is 21.1 Å². The van der Waals surface area contributed by atoms with Crippen LogP contribution in [0.25, 0.3) is 0 Å². The second kappa shape index (κ2) is 5.84. The lowest BCUT2D eigenvalue weighted by molar-refractivity contribution is 0.171. The summed E-state index contributed by atoms with van der Waals surface area (Å²) in [6.45, 7) is 1.17. The van der Waals surface area contributed by atoms with Crippen molar-refractivity contribution in [2.45, 2.75) is 0 Å². The highest BCUT2D eigenvalue weighted by Crippen LogP contribution is 2.30. The first-order valence-electron chi connectivity index (χ1n) is 6.26. The van der Waals surface area contributed by atoms with E-state index in [2.05, 4.69) is 10.5 Å². The Bertz CT molecular complexity index is 644. The van der Waals surface area contributed by atoms with E-state index >= 15 is 0 Å². The molecule has 0 aromatic heterocycles. The summed E-state index contributed by atoms with van der Waals surface area (Å²) in [7, 11) is 0. The Kier molecular flexibility index (Phi) is 3.74. The monoisotopic (exact) mass is 288 g/mol. The normalized spacial score (nSPS) is 13.4.